The molecule has 6 nitrogen and oxygen atoms in total. The Labute approximate surface area is 144 Å². The van der Waals surface area contributed by atoms with Gasteiger partial charge in [-0.05, 0) is 46.8 Å². The Morgan fingerprint density at radius 1 is 1.42 bits per heavy atom. The molecule has 2 rings (SSSR count). The van der Waals surface area contributed by atoms with Crippen molar-refractivity contribution in [2.75, 3.05) is 31.6 Å². The number of nitrogens with one attached hydrogen (secondary N) is 1. The first kappa shape index (κ1) is 18.7. The van der Waals surface area contributed by atoms with Gasteiger partial charge in [0.25, 0.3) is 0 Å². The third-order valence-electron chi connectivity index (χ3n) is 4.27. The van der Waals surface area contributed by atoms with Crippen molar-refractivity contribution in [3.05, 3.63) is 23.9 Å². The molecule has 2 unspecified atom stereocenters. The average molecular weight is 335 g/mol. The number of pyridine rings is 1. The smallest absolute Gasteiger partial charge is 0.341 e. The van der Waals surface area contributed by atoms with Crippen molar-refractivity contribution in [1.82, 2.24) is 9.88 Å². The van der Waals surface area contributed by atoms with Crippen LogP contribution in [0.4, 0.5) is 5.82 Å². The molecule has 0 radical (unpaired) electrons. The number of anilines is 1. The zero-order chi connectivity index (χ0) is 17.7. The van der Waals surface area contributed by atoms with E-state index in [0.29, 0.717) is 24.5 Å². The van der Waals surface area contributed by atoms with E-state index in [-0.39, 0.29) is 23.7 Å². The minimum absolute atomic E-state index is 0.0875. The van der Waals surface area contributed by atoms with Crippen LogP contribution in [-0.4, -0.2) is 59.8 Å². The lowest BCUT2D eigenvalue weighted by atomic mass is 10.00. The second-order valence-electron chi connectivity index (χ2n) is 6.95. The summed E-state index contributed by atoms with van der Waals surface area (Å²) < 4.78 is 10.9. The maximum atomic E-state index is 12.0. The molecule has 1 N–H and O–H groups in total. The van der Waals surface area contributed by atoms with Crippen molar-refractivity contribution < 1.29 is 14.3 Å². The first-order chi connectivity index (χ1) is 11.3. The molecule has 1 aliphatic rings. The fourth-order valence-corrected chi connectivity index (χ4v) is 3.00. The van der Waals surface area contributed by atoms with Gasteiger partial charge in [-0.1, -0.05) is 0 Å². The van der Waals surface area contributed by atoms with Gasteiger partial charge in [-0.3, -0.25) is 4.90 Å². The molecule has 0 spiro atoms. The summed E-state index contributed by atoms with van der Waals surface area (Å²) in [6, 6.07) is 3.48. The lowest BCUT2D eigenvalue weighted by molar-refractivity contribution is -0.0933. The fourth-order valence-electron chi connectivity index (χ4n) is 3.00. The minimum Gasteiger partial charge on any atom is -0.462 e. The quantitative estimate of drug-likeness (QED) is 0.806. The van der Waals surface area contributed by atoms with Gasteiger partial charge in [0.1, 0.15) is 11.4 Å². The molecule has 24 heavy (non-hydrogen) atoms. The van der Waals surface area contributed by atoms with Crippen LogP contribution in [0.2, 0.25) is 0 Å². The molecule has 0 bridgehead atoms. The van der Waals surface area contributed by atoms with Crippen molar-refractivity contribution in [2.24, 2.45) is 0 Å². The molecule has 1 aromatic heterocycles. The minimum atomic E-state index is -0.348. The molecule has 2 atom stereocenters. The van der Waals surface area contributed by atoms with Crippen LogP contribution in [0, 0.1) is 0 Å². The van der Waals surface area contributed by atoms with Crippen LogP contribution in [0.3, 0.4) is 0 Å². The van der Waals surface area contributed by atoms with Crippen LogP contribution >= 0.6 is 0 Å². The van der Waals surface area contributed by atoms with Crippen molar-refractivity contribution >= 4 is 11.8 Å². The summed E-state index contributed by atoms with van der Waals surface area (Å²) in [6.07, 6.45) is 2.12. The average Bonchev–Trinajstić information content (AvgIpc) is 2.52. The number of nitrogens with zero attached hydrogens (tertiary/aromatic N) is 2. The predicted octanol–water partition coefficient (Wildman–Crippen LogP) is 2.56. The highest BCUT2D eigenvalue weighted by Gasteiger charge is 2.33. The van der Waals surface area contributed by atoms with Crippen LogP contribution < -0.4 is 5.32 Å². The second kappa shape index (κ2) is 7.94. The van der Waals surface area contributed by atoms with E-state index in [0.717, 1.165) is 13.1 Å². The van der Waals surface area contributed by atoms with Gasteiger partial charge < -0.3 is 14.8 Å². The number of hydrogen-bond acceptors (Lipinski definition) is 6. The molecule has 0 aliphatic carbocycles. The van der Waals surface area contributed by atoms with Gasteiger partial charge in [0.2, 0.25) is 0 Å². The van der Waals surface area contributed by atoms with E-state index < -0.39 is 0 Å². The summed E-state index contributed by atoms with van der Waals surface area (Å²) in [5.74, 6) is 0.220. The van der Waals surface area contributed by atoms with E-state index in [1.165, 1.54) is 0 Å². The maximum absolute atomic E-state index is 12.0. The summed E-state index contributed by atoms with van der Waals surface area (Å²) >= 11 is 0. The molecular formula is C18H29N3O3. The highest BCUT2D eigenvalue weighted by Crippen LogP contribution is 2.22. The zero-order valence-corrected chi connectivity index (χ0v) is 15.3. The predicted molar refractivity (Wildman–Crippen MR) is 94.3 cm³/mol. The Kier molecular flexibility index (Phi) is 6.18. The summed E-state index contributed by atoms with van der Waals surface area (Å²) in [7, 11) is 0. The lowest BCUT2D eigenvalue weighted by Crippen LogP contribution is -2.57. The van der Waals surface area contributed by atoms with Crippen LogP contribution in [0.15, 0.2) is 18.3 Å². The van der Waals surface area contributed by atoms with Crippen molar-refractivity contribution in [2.45, 2.75) is 52.4 Å². The molecule has 0 saturated carbocycles. The molecule has 0 amide bonds. The van der Waals surface area contributed by atoms with Crippen LogP contribution in [-0.2, 0) is 9.47 Å². The Balaban J connectivity index is 2.05. The first-order valence-corrected chi connectivity index (χ1v) is 8.60. The number of aromatic nitrogens is 1. The van der Waals surface area contributed by atoms with Crippen molar-refractivity contribution in [1.29, 1.82) is 0 Å². The lowest BCUT2D eigenvalue weighted by Gasteiger charge is -2.45. The molecule has 1 saturated heterocycles. The Hall–Kier alpha value is -1.66. The van der Waals surface area contributed by atoms with Crippen LogP contribution in [0.1, 0.15) is 45.0 Å². The number of rotatable bonds is 6. The number of hydrogen-bond donors (Lipinski definition) is 1. The van der Waals surface area contributed by atoms with Gasteiger partial charge in [0, 0.05) is 31.4 Å². The largest absolute Gasteiger partial charge is 0.462 e. The normalized spacial score (nSPS) is 22.2. The molecule has 0 aromatic carbocycles. The third-order valence-corrected chi connectivity index (χ3v) is 4.27. The third kappa shape index (κ3) is 4.68. The molecule has 134 valence electrons. The molecule has 1 fully saturated rings. The number of ether oxygens (including phenoxy) is 2. The Morgan fingerprint density at radius 3 is 2.71 bits per heavy atom. The topological polar surface area (TPSA) is 63.7 Å². The van der Waals surface area contributed by atoms with E-state index in [4.69, 9.17) is 9.47 Å². The van der Waals surface area contributed by atoms with E-state index in [9.17, 15) is 4.79 Å². The summed E-state index contributed by atoms with van der Waals surface area (Å²) in [6.45, 7) is 13.2. The molecule has 2 heterocycles. The zero-order valence-electron chi connectivity index (χ0n) is 15.3. The summed E-state index contributed by atoms with van der Waals surface area (Å²) in [5, 5.41) is 3.33. The Bertz CT molecular complexity index is 552. The van der Waals surface area contributed by atoms with Gasteiger partial charge in [-0.25, -0.2) is 9.78 Å². The van der Waals surface area contributed by atoms with Crippen molar-refractivity contribution in [3.63, 3.8) is 0 Å². The fraction of sp³-hybridized carbons (Fsp3) is 0.667. The van der Waals surface area contributed by atoms with E-state index in [1.54, 1.807) is 25.3 Å². The first-order valence-electron chi connectivity index (χ1n) is 8.60. The van der Waals surface area contributed by atoms with E-state index >= 15 is 0 Å². The summed E-state index contributed by atoms with van der Waals surface area (Å²) in [4.78, 5) is 18.8. The highest BCUT2D eigenvalue weighted by molar-refractivity contribution is 5.94. The SMILES string of the molecule is CCOC(=O)c1cccnc1NCC(C)(C)N1CC(C)OC(C)C1. The van der Waals surface area contributed by atoms with Crippen LogP contribution in [0.25, 0.3) is 0 Å². The van der Waals surface area contributed by atoms with Gasteiger partial charge >= 0.3 is 5.97 Å². The molecule has 6 heteroatoms. The van der Waals surface area contributed by atoms with Crippen molar-refractivity contribution in [3.8, 4) is 0 Å². The second-order valence-corrected chi connectivity index (χ2v) is 6.95. The molecular weight excluding hydrogens is 306 g/mol. The highest BCUT2D eigenvalue weighted by atomic mass is 16.5. The number of carbonyl (C=O) groups is 1. The van der Waals surface area contributed by atoms with E-state index in [2.05, 4.69) is 42.9 Å². The summed E-state index contributed by atoms with van der Waals surface area (Å²) in [5.41, 5.74) is 0.384. The van der Waals surface area contributed by atoms with E-state index in [1.807, 2.05) is 0 Å². The van der Waals surface area contributed by atoms with Gasteiger partial charge in [0.15, 0.2) is 0 Å². The van der Waals surface area contributed by atoms with Crippen LogP contribution in [0.5, 0.6) is 0 Å². The maximum Gasteiger partial charge on any atom is 0.341 e. The number of esters is 1. The standard InChI is InChI=1S/C18H29N3O3/c1-6-23-17(22)15-8-7-9-19-16(15)20-12-18(4,5)21-10-13(2)24-14(3)11-21/h7-9,13-14H,6,10-12H2,1-5H3,(H,19,20). The van der Waals surface area contributed by atoms with Gasteiger partial charge in [-0.15, -0.1) is 0 Å². The molecule has 1 aliphatic heterocycles. The molecule has 1 aromatic rings. The van der Waals surface area contributed by atoms with Gasteiger partial charge in [0.05, 0.1) is 18.8 Å². The van der Waals surface area contributed by atoms with Gasteiger partial charge in [-0.2, -0.15) is 0 Å². The number of carbonyl (C=O) groups excluding carboxylic acids is 1. The monoisotopic (exact) mass is 335 g/mol. The Morgan fingerprint density at radius 2 is 2.08 bits per heavy atom. The number of morpholine rings is 1.